The number of hydrogen-bond donors (Lipinski definition) is 1. The minimum atomic E-state index is -4.60. The van der Waals surface area contributed by atoms with Gasteiger partial charge in [0.25, 0.3) is 5.91 Å². The van der Waals surface area contributed by atoms with E-state index in [1.54, 1.807) is 0 Å². The van der Waals surface area contributed by atoms with Crippen LogP contribution < -0.4 is 5.32 Å². The molecule has 2 fully saturated rings. The zero-order valence-electron chi connectivity index (χ0n) is 14.1. The molecule has 1 aromatic rings. The van der Waals surface area contributed by atoms with Crippen LogP contribution >= 0.6 is 0 Å². The van der Waals surface area contributed by atoms with Crippen LogP contribution in [-0.2, 0) is 10.4 Å². The molecule has 1 saturated heterocycles. The van der Waals surface area contributed by atoms with Gasteiger partial charge in [-0.25, -0.2) is 0 Å². The fourth-order valence-corrected chi connectivity index (χ4v) is 3.57. The van der Waals surface area contributed by atoms with Crippen LogP contribution in [0.25, 0.3) is 0 Å². The highest BCUT2D eigenvalue weighted by Crippen LogP contribution is 2.52. The number of alkyl halides is 3. The maximum Gasteiger partial charge on any atom is 0.442 e. The summed E-state index contributed by atoms with van der Waals surface area (Å²) in [6.45, 7) is 0.691. The fraction of sp³-hybridized carbons (Fsp3) is 0.611. The highest BCUT2D eigenvalue weighted by Gasteiger charge is 2.65. The smallest absolute Gasteiger partial charge is 0.376 e. The largest absolute Gasteiger partial charge is 0.442 e. The average Bonchev–Trinajstić information content (AvgIpc) is 3.52. The second-order valence-electron chi connectivity index (χ2n) is 7.19. The van der Waals surface area contributed by atoms with E-state index in [1.165, 1.54) is 24.3 Å². The zero-order valence-corrected chi connectivity index (χ0v) is 14.1. The average molecular weight is 367 g/mol. The molecule has 1 N–H and O–H groups in total. The van der Waals surface area contributed by atoms with Crippen molar-refractivity contribution in [1.29, 1.82) is 0 Å². The van der Waals surface area contributed by atoms with Gasteiger partial charge in [0, 0.05) is 17.7 Å². The number of carbonyl (C=O) groups excluding carboxylic acids is 1. The maximum atomic E-state index is 13.2. The van der Waals surface area contributed by atoms with E-state index < -0.39 is 11.8 Å². The summed E-state index contributed by atoms with van der Waals surface area (Å²) in [5.74, 6) is 0.0103. The summed E-state index contributed by atoms with van der Waals surface area (Å²) in [6, 6.07) is 5.39. The van der Waals surface area contributed by atoms with Crippen LogP contribution in [0.3, 0.4) is 0 Å². The van der Waals surface area contributed by atoms with Gasteiger partial charge in [0.15, 0.2) is 0 Å². The van der Waals surface area contributed by atoms with E-state index in [2.05, 4.69) is 15.5 Å². The number of ether oxygens (including phenoxy) is 1. The first-order valence-corrected chi connectivity index (χ1v) is 8.94. The number of hydrogen-bond acceptors (Lipinski definition) is 4. The molecule has 2 heterocycles. The number of nitrogens with zero attached hydrogens (tertiary/aromatic N) is 2. The van der Waals surface area contributed by atoms with Crippen molar-refractivity contribution in [2.24, 2.45) is 16.1 Å². The van der Waals surface area contributed by atoms with Gasteiger partial charge < -0.3 is 10.1 Å². The molecule has 0 aromatic heterocycles. The lowest BCUT2D eigenvalue weighted by atomic mass is 9.97. The summed E-state index contributed by atoms with van der Waals surface area (Å²) in [6.07, 6.45) is 0.454. The second-order valence-corrected chi connectivity index (χ2v) is 7.19. The van der Waals surface area contributed by atoms with E-state index in [0.717, 1.165) is 32.1 Å². The lowest BCUT2D eigenvalue weighted by molar-refractivity contribution is -0.166. The van der Waals surface area contributed by atoms with Crippen LogP contribution in [-0.4, -0.2) is 30.8 Å². The van der Waals surface area contributed by atoms with Gasteiger partial charge in [0.2, 0.25) is 0 Å². The predicted molar refractivity (Wildman–Crippen MR) is 86.6 cm³/mol. The van der Waals surface area contributed by atoms with Crippen molar-refractivity contribution in [3.8, 4) is 0 Å². The molecule has 8 heteroatoms. The summed E-state index contributed by atoms with van der Waals surface area (Å²) in [7, 11) is 0. The molecule has 2 aliphatic heterocycles. The van der Waals surface area contributed by atoms with Crippen molar-refractivity contribution in [2.75, 3.05) is 6.61 Å². The molecule has 26 heavy (non-hydrogen) atoms. The standard InChI is InChI=1S/C18H20F3N3O2/c19-18(20,21)17(23-24-17)13-5-3-4-12(10-13)16(25)22-15(11-7-8-11)14-6-1-2-9-26-14/h3-5,10-11,14-15H,1-2,6-9H2,(H,22,25). The Morgan fingerprint density at radius 3 is 2.58 bits per heavy atom. The number of benzene rings is 1. The van der Waals surface area contributed by atoms with E-state index in [-0.39, 0.29) is 29.2 Å². The molecule has 1 aromatic carbocycles. The van der Waals surface area contributed by atoms with Gasteiger partial charge >= 0.3 is 11.8 Å². The van der Waals surface area contributed by atoms with E-state index in [0.29, 0.717) is 12.5 Å². The van der Waals surface area contributed by atoms with Crippen LogP contribution in [0.15, 0.2) is 34.5 Å². The summed E-state index contributed by atoms with van der Waals surface area (Å²) < 4.78 is 45.3. The van der Waals surface area contributed by atoms with Crippen molar-refractivity contribution in [1.82, 2.24) is 5.32 Å². The zero-order chi connectivity index (χ0) is 18.4. The van der Waals surface area contributed by atoms with Crippen LogP contribution in [0.5, 0.6) is 0 Å². The SMILES string of the molecule is O=C(NC(C1CC1)C1CCCCO1)c1cccc(C2(C(F)(F)F)N=N2)c1. The minimum absolute atomic E-state index is 0.0154. The van der Waals surface area contributed by atoms with Gasteiger partial charge in [0.1, 0.15) is 0 Å². The molecule has 0 radical (unpaired) electrons. The van der Waals surface area contributed by atoms with Crippen molar-refractivity contribution in [3.05, 3.63) is 35.4 Å². The number of amides is 1. The topological polar surface area (TPSA) is 63.0 Å². The fourth-order valence-electron chi connectivity index (χ4n) is 3.57. The molecule has 0 bridgehead atoms. The molecule has 1 amide bonds. The lowest BCUT2D eigenvalue weighted by Crippen LogP contribution is -2.47. The number of halogens is 3. The van der Waals surface area contributed by atoms with Crippen molar-refractivity contribution >= 4 is 5.91 Å². The number of rotatable bonds is 5. The minimum Gasteiger partial charge on any atom is -0.376 e. The molecule has 3 aliphatic rings. The van der Waals surface area contributed by atoms with Gasteiger partial charge in [0.05, 0.1) is 12.1 Å². The Kier molecular flexibility index (Phi) is 4.25. The van der Waals surface area contributed by atoms with E-state index in [4.69, 9.17) is 4.74 Å². The van der Waals surface area contributed by atoms with Crippen molar-refractivity contribution < 1.29 is 22.7 Å². The molecule has 140 valence electrons. The summed E-state index contributed by atoms with van der Waals surface area (Å²) >= 11 is 0. The quantitative estimate of drug-likeness (QED) is 0.857. The van der Waals surface area contributed by atoms with Crippen molar-refractivity contribution in [2.45, 2.75) is 56.1 Å². The van der Waals surface area contributed by atoms with E-state index in [9.17, 15) is 18.0 Å². The van der Waals surface area contributed by atoms with Gasteiger partial charge in [-0.2, -0.15) is 13.2 Å². The van der Waals surface area contributed by atoms with E-state index >= 15 is 0 Å². The Hall–Kier alpha value is -1.96. The van der Waals surface area contributed by atoms with Crippen LogP contribution in [0.2, 0.25) is 0 Å². The van der Waals surface area contributed by atoms with Gasteiger partial charge in [-0.05, 0) is 50.2 Å². The molecule has 1 aliphatic carbocycles. The van der Waals surface area contributed by atoms with E-state index in [1.807, 2.05) is 0 Å². The Bertz CT molecular complexity index is 719. The highest BCUT2D eigenvalue weighted by atomic mass is 19.4. The number of carbonyl (C=O) groups is 1. The van der Waals surface area contributed by atoms with Gasteiger partial charge in [-0.3, -0.25) is 4.79 Å². The third-order valence-electron chi connectivity index (χ3n) is 5.27. The first-order chi connectivity index (χ1) is 12.4. The van der Waals surface area contributed by atoms with Crippen LogP contribution in [0, 0.1) is 5.92 Å². The Balaban J connectivity index is 1.50. The molecule has 2 unspecified atom stereocenters. The predicted octanol–water partition coefficient (Wildman–Crippen LogP) is 3.95. The van der Waals surface area contributed by atoms with Crippen molar-refractivity contribution in [3.63, 3.8) is 0 Å². The molecular formula is C18H20F3N3O2. The van der Waals surface area contributed by atoms with Gasteiger partial charge in [-0.1, -0.05) is 12.1 Å². The molecule has 1 saturated carbocycles. The molecule has 0 spiro atoms. The third kappa shape index (κ3) is 3.22. The molecule has 4 rings (SSSR count). The summed E-state index contributed by atoms with van der Waals surface area (Å²) in [5.41, 5.74) is -2.45. The molecule has 2 atom stereocenters. The molecule has 5 nitrogen and oxygen atoms in total. The number of nitrogens with one attached hydrogen (secondary N) is 1. The normalized spacial score (nSPS) is 25.6. The monoisotopic (exact) mass is 367 g/mol. The van der Waals surface area contributed by atoms with Crippen LogP contribution in [0.4, 0.5) is 13.2 Å². The van der Waals surface area contributed by atoms with Crippen LogP contribution in [0.1, 0.15) is 48.0 Å². The summed E-state index contributed by atoms with van der Waals surface area (Å²) in [5, 5.41) is 9.39. The maximum absolute atomic E-state index is 13.2. The van der Waals surface area contributed by atoms with Gasteiger partial charge in [-0.15, -0.1) is 10.2 Å². The highest BCUT2D eigenvalue weighted by molar-refractivity contribution is 5.94. The molecular weight excluding hydrogens is 347 g/mol. The lowest BCUT2D eigenvalue weighted by Gasteiger charge is -2.31. The second kappa shape index (κ2) is 6.33. The third-order valence-corrected chi connectivity index (χ3v) is 5.27. The first kappa shape index (κ1) is 17.5. The Morgan fingerprint density at radius 2 is 2.00 bits per heavy atom. The first-order valence-electron chi connectivity index (χ1n) is 8.94. The summed E-state index contributed by atoms with van der Waals surface area (Å²) in [4.78, 5) is 12.7. The Labute approximate surface area is 149 Å². The Morgan fingerprint density at radius 1 is 1.23 bits per heavy atom.